The minimum absolute atomic E-state index is 0.115. The van der Waals surface area contributed by atoms with E-state index in [0.717, 1.165) is 22.6 Å². The van der Waals surface area contributed by atoms with Crippen molar-refractivity contribution in [2.45, 2.75) is 19.4 Å². The molecule has 98 valence electrons. The maximum atomic E-state index is 6.05. The van der Waals surface area contributed by atoms with Crippen molar-refractivity contribution < 1.29 is 0 Å². The van der Waals surface area contributed by atoms with Crippen LogP contribution in [0.2, 0.25) is 5.02 Å². The fourth-order valence-electron chi connectivity index (χ4n) is 1.90. The zero-order valence-corrected chi connectivity index (χ0v) is 11.8. The van der Waals surface area contributed by atoms with Crippen LogP contribution in [0.3, 0.4) is 0 Å². The van der Waals surface area contributed by atoms with Crippen LogP contribution >= 0.6 is 11.6 Å². The van der Waals surface area contributed by atoms with Crippen LogP contribution in [0, 0.1) is 0 Å². The largest absolute Gasteiger partial charge is 0.324 e. The lowest BCUT2D eigenvalue weighted by Crippen LogP contribution is -2.08. The summed E-state index contributed by atoms with van der Waals surface area (Å²) in [5.74, 6) is 0. The van der Waals surface area contributed by atoms with Gasteiger partial charge in [-0.05, 0) is 35.2 Å². The molecule has 1 atom stereocenters. The van der Waals surface area contributed by atoms with Gasteiger partial charge in [-0.15, -0.1) is 0 Å². The van der Waals surface area contributed by atoms with Crippen molar-refractivity contribution in [1.82, 2.24) is 0 Å². The summed E-state index contributed by atoms with van der Waals surface area (Å²) in [4.78, 5) is 0. The molecule has 0 aliphatic heterocycles. The molecule has 0 aromatic heterocycles. The monoisotopic (exact) mass is 271 g/mol. The number of halogens is 1. The maximum absolute atomic E-state index is 6.05. The van der Waals surface area contributed by atoms with E-state index in [1.54, 1.807) is 0 Å². The summed E-state index contributed by atoms with van der Waals surface area (Å²) < 4.78 is 0. The van der Waals surface area contributed by atoms with E-state index in [0.29, 0.717) is 0 Å². The van der Waals surface area contributed by atoms with E-state index >= 15 is 0 Å². The van der Waals surface area contributed by atoms with Gasteiger partial charge in [0.15, 0.2) is 0 Å². The smallest absolute Gasteiger partial charge is 0.0406 e. The molecule has 19 heavy (non-hydrogen) atoms. The second-order valence-electron chi connectivity index (χ2n) is 4.57. The van der Waals surface area contributed by atoms with Crippen molar-refractivity contribution in [1.29, 1.82) is 0 Å². The molecule has 0 spiro atoms. The molecule has 2 aromatic rings. The van der Waals surface area contributed by atoms with Gasteiger partial charge in [0.25, 0.3) is 0 Å². The van der Waals surface area contributed by atoms with E-state index in [1.165, 1.54) is 5.56 Å². The van der Waals surface area contributed by atoms with Gasteiger partial charge in [-0.25, -0.2) is 0 Å². The summed E-state index contributed by atoms with van der Waals surface area (Å²) in [5.41, 5.74) is 9.53. The molecule has 1 unspecified atom stereocenters. The quantitative estimate of drug-likeness (QED) is 0.785. The molecule has 2 heteroatoms. The predicted molar refractivity (Wildman–Crippen MR) is 84.0 cm³/mol. The molecule has 0 radical (unpaired) electrons. The highest BCUT2D eigenvalue weighted by Gasteiger charge is 2.02. The molecule has 0 fully saturated rings. The van der Waals surface area contributed by atoms with Crippen molar-refractivity contribution in [2.24, 2.45) is 5.73 Å². The number of hydrogen-bond acceptors (Lipinski definition) is 1. The van der Waals surface area contributed by atoms with Crippen LogP contribution in [0.15, 0.2) is 48.5 Å². The molecule has 1 nitrogen and oxygen atoms in total. The zero-order valence-electron chi connectivity index (χ0n) is 11.0. The summed E-state index contributed by atoms with van der Waals surface area (Å²) in [6.45, 7) is 2.10. The third-order valence-corrected chi connectivity index (χ3v) is 3.37. The standard InChI is InChI=1S/C17H18ClN/c1-2-17(19)15-5-3-4-14(12-15)7-6-13-8-10-16(18)11-9-13/h3-12,17H,2,19H2,1H3. The Kier molecular flexibility index (Phi) is 4.78. The van der Waals surface area contributed by atoms with Gasteiger partial charge in [0.2, 0.25) is 0 Å². The molecule has 2 N–H and O–H groups in total. The Morgan fingerprint density at radius 3 is 2.42 bits per heavy atom. The Morgan fingerprint density at radius 2 is 1.74 bits per heavy atom. The second kappa shape index (κ2) is 6.55. The first-order valence-electron chi connectivity index (χ1n) is 6.48. The lowest BCUT2D eigenvalue weighted by Gasteiger charge is -2.09. The van der Waals surface area contributed by atoms with Crippen LogP contribution in [0.1, 0.15) is 36.1 Å². The molecule has 0 heterocycles. The zero-order chi connectivity index (χ0) is 13.7. The van der Waals surface area contributed by atoms with Gasteiger partial charge in [0.1, 0.15) is 0 Å². The first kappa shape index (κ1) is 13.9. The summed E-state index contributed by atoms with van der Waals surface area (Å²) in [7, 11) is 0. The Balaban J connectivity index is 2.16. The van der Waals surface area contributed by atoms with Gasteiger partial charge < -0.3 is 5.73 Å². The Hall–Kier alpha value is -1.57. The van der Waals surface area contributed by atoms with Crippen molar-refractivity contribution in [3.05, 3.63) is 70.2 Å². The molecule has 0 amide bonds. The van der Waals surface area contributed by atoms with Crippen LogP contribution in [-0.4, -0.2) is 0 Å². The number of hydrogen-bond donors (Lipinski definition) is 1. The Bertz CT molecular complexity index is 558. The van der Waals surface area contributed by atoms with Crippen LogP contribution < -0.4 is 5.73 Å². The normalized spacial score (nSPS) is 12.8. The molecule has 0 bridgehead atoms. The van der Waals surface area contributed by atoms with Gasteiger partial charge >= 0.3 is 0 Å². The number of rotatable bonds is 4. The van der Waals surface area contributed by atoms with Gasteiger partial charge in [-0.1, -0.05) is 67.1 Å². The highest BCUT2D eigenvalue weighted by atomic mass is 35.5. The Morgan fingerprint density at radius 1 is 1.05 bits per heavy atom. The average molecular weight is 272 g/mol. The summed E-state index contributed by atoms with van der Waals surface area (Å²) >= 11 is 5.86. The summed E-state index contributed by atoms with van der Waals surface area (Å²) in [5, 5.41) is 0.757. The topological polar surface area (TPSA) is 26.0 Å². The van der Waals surface area contributed by atoms with Gasteiger partial charge in [-0.3, -0.25) is 0 Å². The minimum atomic E-state index is 0.115. The molecule has 0 aliphatic rings. The van der Waals surface area contributed by atoms with Crippen LogP contribution in [0.4, 0.5) is 0 Å². The molecular formula is C17H18ClN. The van der Waals surface area contributed by atoms with Gasteiger partial charge in [-0.2, -0.15) is 0 Å². The van der Waals surface area contributed by atoms with Crippen LogP contribution in [0.25, 0.3) is 12.2 Å². The van der Waals surface area contributed by atoms with E-state index in [2.05, 4.69) is 37.3 Å². The number of benzene rings is 2. The predicted octanol–water partition coefficient (Wildman–Crippen LogP) is 4.92. The molecule has 0 saturated heterocycles. The SMILES string of the molecule is CCC(N)c1cccc(C=Cc2ccc(Cl)cc2)c1. The van der Waals surface area contributed by atoms with Crippen molar-refractivity contribution in [2.75, 3.05) is 0 Å². The van der Waals surface area contributed by atoms with Crippen molar-refractivity contribution in [3.8, 4) is 0 Å². The van der Waals surface area contributed by atoms with Crippen molar-refractivity contribution >= 4 is 23.8 Å². The van der Waals surface area contributed by atoms with E-state index in [9.17, 15) is 0 Å². The molecular weight excluding hydrogens is 254 g/mol. The third-order valence-electron chi connectivity index (χ3n) is 3.12. The van der Waals surface area contributed by atoms with E-state index in [-0.39, 0.29) is 6.04 Å². The molecule has 0 aliphatic carbocycles. The fraction of sp³-hybridized carbons (Fsp3) is 0.176. The van der Waals surface area contributed by atoms with E-state index in [1.807, 2.05) is 30.3 Å². The maximum Gasteiger partial charge on any atom is 0.0406 e. The van der Waals surface area contributed by atoms with Gasteiger partial charge in [0, 0.05) is 11.1 Å². The summed E-state index contributed by atoms with van der Waals surface area (Å²) in [6.07, 6.45) is 5.12. The lowest BCUT2D eigenvalue weighted by atomic mass is 10.0. The second-order valence-corrected chi connectivity index (χ2v) is 5.01. The summed E-state index contributed by atoms with van der Waals surface area (Å²) in [6, 6.07) is 16.2. The number of nitrogens with two attached hydrogens (primary N) is 1. The van der Waals surface area contributed by atoms with E-state index in [4.69, 9.17) is 17.3 Å². The molecule has 2 aromatic carbocycles. The van der Waals surface area contributed by atoms with E-state index < -0.39 is 0 Å². The minimum Gasteiger partial charge on any atom is -0.324 e. The highest BCUT2D eigenvalue weighted by Crippen LogP contribution is 2.17. The van der Waals surface area contributed by atoms with Crippen LogP contribution in [-0.2, 0) is 0 Å². The van der Waals surface area contributed by atoms with Gasteiger partial charge in [0.05, 0.1) is 0 Å². The molecule has 2 rings (SSSR count). The highest BCUT2D eigenvalue weighted by molar-refractivity contribution is 6.30. The lowest BCUT2D eigenvalue weighted by molar-refractivity contribution is 0.698. The Labute approximate surface area is 119 Å². The van der Waals surface area contributed by atoms with Crippen LogP contribution in [0.5, 0.6) is 0 Å². The fourth-order valence-corrected chi connectivity index (χ4v) is 2.02. The van der Waals surface area contributed by atoms with Crippen molar-refractivity contribution in [3.63, 3.8) is 0 Å². The first-order chi connectivity index (χ1) is 9.19. The third kappa shape index (κ3) is 3.95. The average Bonchev–Trinajstić information content (AvgIpc) is 2.46. The first-order valence-corrected chi connectivity index (χ1v) is 6.86. The molecule has 0 saturated carbocycles.